The fourth-order valence-electron chi connectivity index (χ4n) is 2.33. The molecule has 20 heavy (non-hydrogen) atoms. The van der Waals surface area contributed by atoms with Crippen molar-refractivity contribution in [1.29, 1.82) is 0 Å². The molecule has 2 aromatic rings. The number of allylic oxidation sites excluding steroid dienone is 2. The van der Waals surface area contributed by atoms with Crippen molar-refractivity contribution in [2.24, 2.45) is 0 Å². The van der Waals surface area contributed by atoms with Gasteiger partial charge in [-0.25, -0.2) is 14.5 Å². The molecule has 104 valence electrons. The van der Waals surface area contributed by atoms with E-state index in [1.54, 1.807) is 4.68 Å². The third kappa shape index (κ3) is 2.03. The summed E-state index contributed by atoms with van der Waals surface area (Å²) in [5.41, 5.74) is 1.47. The van der Waals surface area contributed by atoms with Gasteiger partial charge in [0.1, 0.15) is 5.52 Å². The highest BCUT2D eigenvalue weighted by Crippen LogP contribution is 2.31. The maximum absolute atomic E-state index is 9.27. The van der Waals surface area contributed by atoms with E-state index in [-0.39, 0.29) is 6.61 Å². The van der Waals surface area contributed by atoms with Crippen LogP contribution in [0.15, 0.2) is 42.5 Å². The molecule has 0 spiro atoms. The Morgan fingerprint density at radius 1 is 1.40 bits per heavy atom. The molecule has 0 fully saturated rings. The zero-order chi connectivity index (χ0) is 14.0. The van der Waals surface area contributed by atoms with Gasteiger partial charge in [-0.05, 0) is 23.8 Å². The first-order valence-corrected chi connectivity index (χ1v) is 6.31. The van der Waals surface area contributed by atoms with Gasteiger partial charge in [0.05, 0.1) is 19.2 Å². The average molecular weight is 273 g/mol. The van der Waals surface area contributed by atoms with Crippen molar-refractivity contribution in [3.05, 3.63) is 48.1 Å². The molecular weight excluding hydrogens is 258 g/mol. The molecule has 1 atom stereocenters. The Kier molecular flexibility index (Phi) is 3.35. The van der Waals surface area contributed by atoms with Gasteiger partial charge in [-0.3, -0.25) is 0 Å². The summed E-state index contributed by atoms with van der Waals surface area (Å²) in [5.74, 6) is 0. The average Bonchev–Trinajstić information content (AvgIpc) is 2.92. The van der Waals surface area contributed by atoms with E-state index >= 15 is 0 Å². The number of rotatable bonds is 4. The molecule has 0 aliphatic heterocycles. The number of aliphatic hydroxyl groups is 1. The Labute approximate surface area is 115 Å². The second kappa shape index (κ2) is 5.16. The molecule has 1 aliphatic rings. The van der Waals surface area contributed by atoms with Crippen molar-refractivity contribution in [2.75, 3.05) is 7.11 Å². The predicted octanol–water partition coefficient (Wildman–Crippen LogP) is 1.67. The highest BCUT2D eigenvalue weighted by atomic mass is 17.2. The van der Waals surface area contributed by atoms with Gasteiger partial charge in [0.15, 0.2) is 0 Å². The van der Waals surface area contributed by atoms with Gasteiger partial charge in [0, 0.05) is 6.42 Å². The van der Waals surface area contributed by atoms with Crippen molar-refractivity contribution >= 4 is 11.0 Å². The second-order valence-electron chi connectivity index (χ2n) is 4.57. The van der Waals surface area contributed by atoms with Crippen LogP contribution in [-0.4, -0.2) is 27.2 Å². The van der Waals surface area contributed by atoms with Gasteiger partial charge in [0.25, 0.3) is 0 Å². The SMILES string of the molecule is COOC1(n2nnc3ccc(CO)cc32)C=CC=CC1. The highest BCUT2D eigenvalue weighted by Gasteiger charge is 2.34. The van der Waals surface area contributed by atoms with Crippen LogP contribution in [0.4, 0.5) is 0 Å². The molecule has 3 rings (SSSR count). The van der Waals surface area contributed by atoms with E-state index in [0.29, 0.717) is 6.42 Å². The lowest BCUT2D eigenvalue weighted by atomic mass is 10.0. The summed E-state index contributed by atoms with van der Waals surface area (Å²) in [4.78, 5) is 10.3. The van der Waals surface area contributed by atoms with Crippen LogP contribution in [0.25, 0.3) is 11.0 Å². The minimum absolute atomic E-state index is 0.0327. The summed E-state index contributed by atoms with van der Waals surface area (Å²) in [7, 11) is 1.46. The molecule has 1 aromatic carbocycles. The molecule has 1 aromatic heterocycles. The smallest absolute Gasteiger partial charge is 0.219 e. The van der Waals surface area contributed by atoms with Gasteiger partial charge in [0.2, 0.25) is 5.72 Å². The lowest BCUT2D eigenvalue weighted by molar-refractivity contribution is -0.358. The molecule has 0 saturated heterocycles. The molecule has 0 bridgehead atoms. The number of hydrogen-bond acceptors (Lipinski definition) is 5. The van der Waals surface area contributed by atoms with E-state index in [1.165, 1.54) is 7.11 Å². The first-order valence-electron chi connectivity index (χ1n) is 6.31. The van der Waals surface area contributed by atoms with Crippen LogP contribution in [0.1, 0.15) is 12.0 Å². The molecule has 0 radical (unpaired) electrons. The quantitative estimate of drug-likeness (QED) is 0.678. The molecule has 1 N–H and O–H groups in total. The van der Waals surface area contributed by atoms with Crippen LogP contribution in [0.5, 0.6) is 0 Å². The van der Waals surface area contributed by atoms with Crippen LogP contribution >= 0.6 is 0 Å². The zero-order valence-corrected chi connectivity index (χ0v) is 11.1. The fourth-order valence-corrected chi connectivity index (χ4v) is 2.33. The van der Waals surface area contributed by atoms with E-state index in [2.05, 4.69) is 10.3 Å². The normalized spacial score (nSPS) is 21.7. The molecule has 1 aliphatic carbocycles. The minimum Gasteiger partial charge on any atom is -0.392 e. The lowest BCUT2D eigenvalue weighted by Crippen LogP contribution is -2.36. The lowest BCUT2D eigenvalue weighted by Gasteiger charge is -2.29. The van der Waals surface area contributed by atoms with Gasteiger partial charge in [-0.15, -0.1) is 5.10 Å². The van der Waals surface area contributed by atoms with Crippen molar-refractivity contribution in [3.8, 4) is 0 Å². The van der Waals surface area contributed by atoms with E-state index in [9.17, 15) is 5.11 Å². The van der Waals surface area contributed by atoms with Crippen molar-refractivity contribution in [2.45, 2.75) is 18.8 Å². The summed E-state index contributed by atoms with van der Waals surface area (Å²) in [5, 5.41) is 17.6. The topological polar surface area (TPSA) is 69.4 Å². The molecule has 1 unspecified atom stereocenters. The summed E-state index contributed by atoms with van der Waals surface area (Å²) in [6, 6.07) is 5.50. The first kappa shape index (κ1) is 13.0. The summed E-state index contributed by atoms with van der Waals surface area (Å²) < 4.78 is 1.67. The Morgan fingerprint density at radius 3 is 3.00 bits per heavy atom. The predicted molar refractivity (Wildman–Crippen MR) is 72.4 cm³/mol. The summed E-state index contributed by atoms with van der Waals surface area (Å²) >= 11 is 0. The third-order valence-corrected chi connectivity index (χ3v) is 3.29. The molecule has 6 heteroatoms. The van der Waals surface area contributed by atoms with Gasteiger partial charge < -0.3 is 5.11 Å². The standard InChI is InChI=1S/C14H15N3O3/c1-19-20-14(7-3-2-4-8-14)17-13-9-11(10-18)5-6-12(13)15-16-17/h2-7,9,18H,8,10H2,1H3. The number of aliphatic hydroxyl groups excluding tert-OH is 1. The van der Waals surface area contributed by atoms with Crippen LogP contribution in [0, 0.1) is 0 Å². The summed E-state index contributed by atoms with van der Waals surface area (Å²) in [6.07, 6.45) is 8.25. The Bertz CT molecular complexity index is 677. The highest BCUT2D eigenvalue weighted by molar-refractivity contribution is 5.75. The Morgan fingerprint density at radius 2 is 2.30 bits per heavy atom. The second-order valence-corrected chi connectivity index (χ2v) is 4.57. The number of fused-ring (bicyclic) bond motifs is 1. The Hall–Kier alpha value is -2.02. The molecule has 0 amide bonds. The molecule has 1 heterocycles. The van der Waals surface area contributed by atoms with Crippen LogP contribution in [0.3, 0.4) is 0 Å². The first-order chi connectivity index (χ1) is 9.79. The van der Waals surface area contributed by atoms with Crippen molar-refractivity contribution < 1.29 is 14.9 Å². The number of aromatic nitrogens is 3. The van der Waals surface area contributed by atoms with E-state index in [4.69, 9.17) is 9.78 Å². The maximum atomic E-state index is 9.27. The van der Waals surface area contributed by atoms with Crippen LogP contribution in [-0.2, 0) is 22.1 Å². The van der Waals surface area contributed by atoms with E-state index in [1.807, 2.05) is 42.5 Å². The summed E-state index contributed by atoms with van der Waals surface area (Å²) in [6.45, 7) is -0.0327. The number of benzene rings is 1. The van der Waals surface area contributed by atoms with Crippen LogP contribution in [0.2, 0.25) is 0 Å². The van der Waals surface area contributed by atoms with Gasteiger partial charge in [-0.1, -0.05) is 29.5 Å². The molecule has 0 saturated carbocycles. The number of nitrogens with zero attached hydrogens (tertiary/aromatic N) is 3. The number of hydrogen-bond donors (Lipinski definition) is 1. The Balaban J connectivity index is 2.16. The monoisotopic (exact) mass is 273 g/mol. The molecular formula is C14H15N3O3. The van der Waals surface area contributed by atoms with E-state index < -0.39 is 5.72 Å². The van der Waals surface area contributed by atoms with Crippen LogP contribution < -0.4 is 0 Å². The fraction of sp³-hybridized carbons (Fsp3) is 0.286. The largest absolute Gasteiger partial charge is 0.392 e. The van der Waals surface area contributed by atoms with E-state index in [0.717, 1.165) is 16.6 Å². The maximum Gasteiger partial charge on any atom is 0.219 e. The zero-order valence-electron chi connectivity index (χ0n) is 11.1. The third-order valence-electron chi connectivity index (χ3n) is 3.29. The van der Waals surface area contributed by atoms with Crippen molar-refractivity contribution in [3.63, 3.8) is 0 Å². The molecule has 6 nitrogen and oxygen atoms in total. The van der Waals surface area contributed by atoms with Crippen molar-refractivity contribution in [1.82, 2.24) is 15.0 Å². The van der Waals surface area contributed by atoms with Gasteiger partial charge in [-0.2, -0.15) is 0 Å². The van der Waals surface area contributed by atoms with Gasteiger partial charge >= 0.3 is 0 Å². The minimum atomic E-state index is -0.855.